The average molecular weight is 545 g/mol. The van der Waals surface area contributed by atoms with Crippen LogP contribution in [0.5, 0.6) is 11.5 Å². The molecule has 0 saturated carbocycles. The van der Waals surface area contributed by atoms with E-state index in [9.17, 15) is 0 Å². The number of ether oxygens (including phenoxy) is 2. The molecule has 40 heavy (non-hydrogen) atoms. The van der Waals surface area contributed by atoms with Gasteiger partial charge in [-0.15, -0.1) is 0 Å². The first-order valence-electron chi connectivity index (χ1n) is 15.2. The minimum atomic E-state index is -0.0719. The lowest BCUT2D eigenvalue weighted by atomic mass is 9.79. The van der Waals surface area contributed by atoms with E-state index < -0.39 is 0 Å². The molecule has 0 radical (unpaired) electrons. The molecular weight excluding hydrogens is 499 g/mol. The Morgan fingerprint density at radius 2 is 1.68 bits per heavy atom. The Labute approximate surface area is 240 Å². The van der Waals surface area contributed by atoms with Gasteiger partial charge >= 0.3 is 0 Å². The Balaban J connectivity index is 1.30. The number of hydrogen-bond donors (Lipinski definition) is 0. The Morgan fingerprint density at radius 1 is 0.900 bits per heavy atom. The topological polar surface area (TPSA) is 24.9 Å². The summed E-state index contributed by atoms with van der Waals surface area (Å²) in [7, 11) is 3.45. The summed E-state index contributed by atoms with van der Waals surface area (Å²) in [5.41, 5.74) is 7.18. The molecule has 1 atom stereocenters. The van der Waals surface area contributed by atoms with Gasteiger partial charge in [0, 0.05) is 24.8 Å². The molecule has 1 fully saturated rings. The molecule has 5 rings (SSSR count). The molecule has 2 aliphatic rings. The van der Waals surface area contributed by atoms with Gasteiger partial charge in [0.05, 0.1) is 14.2 Å². The van der Waals surface area contributed by atoms with Crippen molar-refractivity contribution < 1.29 is 13.9 Å². The van der Waals surface area contributed by atoms with Crippen LogP contribution in [0.25, 0.3) is 0 Å². The fraction of sp³-hybridized carbons (Fsp3) is 0.486. The van der Waals surface area contributed by atoms with Gasteiger partial charge in [0.25, 0.3) is 0 Å². The summed E-state index contributed by atoms with van der Waals surface area (Å²) in [6, 6.07) is 18.8. The first-order valence-corrected chi connectivity index (χ1v) is 15.2. The molecular formula is C35H45FN2O2. The lowest BCUT2D eigenvalue weighted by Crippen LogP contribution is -2.30. The first kappa shape index (κ1) is 28.5. The second kappa shape index (κ2) is 13.5. The van der Waals surface area contributed by atoms with Gasteiger partial charge in [-0.3, -0.25) is 0 Å². The molecule has 1 heterocycles. The maximum atomic E-state index is 15.2. The molecule has 0 spiro atoms. The van der Waals surface area contributed by atoms with Gasteiger partial charge in [0.15, 0.2) is 0 Å². The van der Waals surface area contributed by atoms with Crippen LogP contribution in [0.1, 0.15) is 72.8 Å². The van der Waals surface area contributed by atoms with E-state index in [1.54, 1.807) is 20.3 Å². The van der Waals surface area contributed by atoms with E-state index in [2.05, 4.69) is 59.2 Å². The van der Waals surface area contributed by atoms with Crippen LogP contribution in [0.4, 0.5) is 10.1 Å². The standard InChI is InChI=1S/C35H45FN2O2/c1-4-38(25-26-10-11-27(34(36)21-26)9-8-20-37-18-6-5-7-19-37)35-24-32(40-3)16-17-33(35)30-13-12-29-23-31(39-2)15-14-28(29)22-30/h10-11,14-17,21,23-24,30H,4-9,12-13,18-20,22,25H2,1-3H3. The Morgan fingerprint density at radius 3 is 2.42 bits per heavy atom. The summed E-state index contributed by atoms with van der Waals surface area (Å²) in [5, 5.41) is 0. The number of piperidine rings is 1. The van der Waals surface area contributed by atoms with Gasteiger partial charge in [-0.25, -0.2) is 4.39 Å². The normalized spacial score (nSPS) is 17.4. The van der Waals surface area contributed by atoms with Crippen molar-refractivity contribution in [2.45, 2.75) is 70.8 Å². The van der Waals surface area contributed by atoms with Gasteiger partial charge in [-0.2, -0.15) is 0 Å². The monoisotopic (exact) mass is 544 g/mol. The smallest absolute Gasteiger partial charge is 0.126 e. The van der Waals surface area contributed by atoms with Crippen LogP contribution in [0, 0.1) is 5.82 Å². The average Bonchev–Trinajstić information content (AvgIpc) is 3.00. The SMILES string of the molecule is CCN(Cc1ccc(CCCN2CCCCC2)c(F)c1)c1cc(OC)ccc1C1CCc2cc(OC)ccc2C1. The summed E-state index contributed by atoms with van der Waals surface area (Å²) in [5.74, 6) is 2.14. The predicted octanol–water partition coefficient (Wildman–Crippen LogP) is 7.56. The molecule has 1 aliphatic heterocycles. The second-order valence-electron chi connectivity index (χ2n) is 11.4. The number of benzene rings is 3. The zero-order valence-electron chi connectivity index (χ0n) is 24.6. The summed E-state index contributed by atoms with van der Waals surface area (Å²) >= 11 is 0. The molecule has 0 amide bonds. The number of anilines is 1. The molecule has 0 bridgehead atoms. The van der Waals surface area contributed by atoms with Crippen molar-refractivity contribution in [2.24, 2.45) is 0 Å². The molecule has 0 N–H and O–H groups in total. The number of rotatable bonds is 11. The molecule has 214 valence electrons. The van der Waals surface area contributed by atoms with Crippen LogP contribution in [0.15, 0.2) is 54.6 Å². The third-order valence-corrected chi connectivity index (χ3v) is 8.90. The van der Waals surface area contributed by atoms with Gasteiger partial charge in [0.1, 0.15) is 17.3 Å². The molecule has 1 aliphatic carbocycles. The molecule has 0 aromatic heterocycles. The quantitative estimate of drug-likeness (QED) is 0.249. The fourth-order valence-corrected chi connectivity index (χ4v) is 6.55. The Bertz CT molecular complexity index is 1270. The molecule has 1 unspecified atom stereocenters. The third-order valence-electron chi connectivity index (χ3n) is 8.90. The van der Waals surface area contributed by atoms with Crippen molar-refractivity contribution in [3.8, 4) is 11.5 Å². The number of methoxy groups -OCH3 is 2. The number of fused-ring (bicyclic) bond motifs is 1. The van der Waals surface area contributed by atoms with Crippen molar-refractivity contribution >= 4 is 5.69 Å². The van der Waals surface area contributed by atoms with Crippen molar-refractivity contribution in [1.82, 2.24) is 4.90 Å². The lowest BCUT2D eigenvalue weighted by Gasteiger charge is -2.32. The summed E-state index contributed by atoms with van der Waals surface area (Å²) < 4.78 is 26.3. The zero-order chi connectivity index (χ0) is 27.9. The maximum Gasteiger partial charge on any atom is 0.126 e. The molecule has 3 aromatic carbocycles. The van der Waals surface area contributed by atoms with E-state index >= 15 is 4.39 Å². The minimum Gasteiger partial charge on any atom is -0.497 e. The van der Waals surface area contributed by atoms with E-state index in [1.165, 1.54) is 54.7 Å². The number of halogens is 1. The number of hydrogen-bond acceptors (Lipinski definition) is 4. The van der Waals surface area contributed by atoms with E-state index in [0.29, 0.717) is 12.5 Å². The van der Waals surface area contributed by atoms with Gasteiger partial charge in [-0.1, -0.05) is 30.7 Å². The van der Waals surface area contributed by atoms with Crippen LogP contribution >= 0.6 is 0 Å². The fourth-order valence-electron chi connectivity index (χ4n) is 6.55. The van der Waals surface area contributed by atoms with E-state index in [1.807, 2.05) is 6.07 Å². The highest BCUT2D eigenvalue weighted by molar-refractivity contribution is 5.60. The Hall–Kier alpha value is -3.05. The second-order valence-corrected chi connectivity index (χ2v) is 11.4. The van der Waals surface area contributed by atoms with Gasteiger partial charge in [0.2, 0.25) is 0 Å². The molecule has 1 saturated heterocycles. The number of nitrogens with zero attached hydrogens (tertiary/aromatic N) is 2. The number of aryl methyl sites for hydroxylation is 2. The van der Waals surface area contributed by atoms with E-state index in [0.717, 1.165) is 67.8 Å². The zero-order valence-corrected chi connectivity index (χ0v) is 24.6. The van der Waals surface area contributed by atoms with Crippen LogP contribution < -0.4 is 14.4 Å². The van der Waals surface area contributed by atoms with Crippen molar-refractivity contribution in [3.63, 3.8) is 0 Å². The lowest BCUT2D eigenvalue weighted by molar-refractivity contribution is 0.226. The van der Waals surface area contributed by atoms with Crippen LogP contribution in [-0.4, -0.2) is 45.3 Å². The van der Waals surface area contributed by atoms with E-state index in [-0.39, 0.29) is 5.82 Å². The summed E-state index contributed by atoms with van der Waals surface area (Å²) in [4.78, 5) is 4.90. The van der Waals surface area contributed by atoms with Gasteiger partial charge in [-0.05, 0) is 130 Å². The molecule has 5 heteroatoms. The van der Waals surface area contributed by atoms with Crippen molar-refractivity contribution in [1.29, 1.82) is 0 Å². The number of likely N-dealkylation sites (tertiary alicyclic amines) is 1. The van der Waals surface area contributed by atoms with Crippen molar-refractivity contribution in [3.05, 3.63) is 88.2 Å². The Kier molecular flexibility index (Phi) is 9.64. The highest BCUT2D eigenvalue weighted by Gasteiger charge is 2.25. The van der Waals surface area contributed by atoms with Crippen LogP contribution in [0.3, 0.4) is 0 Å². The summed E-state index contributed by atoms with van der Waals surface area (Å²) in [6.07, 6.45) is 8.92. The highest BCUT2D eigenvalue weighted by Crippen LogP contribution is 2.40. The van der Waals surface area contributed by atoms with Crippen LogP contribution in [0.2, 0.25) is 0 Å². The third kappa shape index (κ3) is 6.80. The maximum absolute atomic E-state index is 15.2. The van der Waals surface area contributed by atoms with Crippen LogP contribution in [-0.2, 0) is 25.8 Å². The van der Waals surface area contributed by atoms with Gasteiger partial charge < -0.3 is 19.3 Å². The minimum absolute atomic E-state index is 0.0719. The predicted molar refractivity (Wildman–Crippen MR) is 162 cm³/mol. The molecule has 3 aromatic rings. The van der Waals surface area contributed by atoms with Crippen molar-refractivity contribution in [2.75, 3.05) is 45.3 Å². The van der Waals surface area contributed by atoms with E-state index in [4.69, 9.17) is 9.47 Å². The summed E-state index contributed by atoms with van der Waals surface area (Å²) in [6.45, 7) is 7.15. The highest BCUT2D eigenvalue weighted by atomic mass is 19.1. The first-order chi connectivity index (χ1) is 19.6. The molecule has 4 nitrogen and oxygen atoms in total. The largest absolute Gasteiger partial charge is 0.497 e.